The van der Waals surface area contributed by atoms with Crippen molar-refractivity contribution in [1.82, 2.24) is 0 Å². The molecule has 4 aliphatic carbocycles. The lowest BCUT2D eigenvalue weighted by Crippen LogP contribution is -2.60. The van der Waals surface area contributed by atoms with Gasteiger partial charge >= 0.3 is 0 Å². The van der Waals surface area contributed by atoms with Gasteiger partial charge in [-0.25, -0.2) is 0 Å². The molecule has 2 nitrogen and oxygen atoms in total. The molecule has 2 heteroatoms. The van der Waals surface area contributed by atoms with Gasteiger partial charge in [-0.1, -0.05) is 90.3 Å². The molecule has 4 fully saturated rings. The summed E-state index contributed by atoms with van der Waals surface area (Å²) in [5.41, 5.74) is 3.63. The lowest BCUT2D eigenvalue weighted by atomic mass is 9.43. The first-order valence-corrected chi connectivity index (χ1v) is 17.4. The minimum Gasteiger partial charge on any atom is -0.382 e. The zero-order valence-electron chi connectivity index (χ0n) is 26.7. The SMILES string of the molecule is CC(C)CCC[C@@H](C)[C@H]1CC[C@H]2[C@@H]3[C@H](Nc4ccccc4)C[C@H]4C[C@H](Nc5ccccc5)CC[C@]4(C)[C@H]3CC[C@]12C. The van der Waals surface area contributed by atoms with Crippen LogP contribution >= 0.6 is 0 Å². The van der Waals surface area contributed by atoms with Gasteiger partial charge in [0.15, 0.2) is 0 Å². The average Bonchev–Trinajstić information content (AvgIpc) is 3.32. The molecule has 0 unspecified atom stereocenters. The summed E-state index contributed by atoms with van der Waals surface area (Å²) >= 11 is 0. The smallest absolute Gasteiger partial charge is 0.0342 e. The Labute approximate surface area is 251 Å². The van der Waals surface area contributed by atoms with Crippen molar-refractivity contribution in [3.05, 3.63) is 60.7 Å². The third kappa shape index (κ3) is 5.71. The highest BCUT2D eigenvalue weighted by Crippen LogP contribution is 2.68. The second kappa shape index (κ2) is 12.0. The zero-order valence-corrected chi connectivity index (χ0v) is 26.7. The zero-order chi connectivity index (χ0) is 28.6. The highest BCUT2D eigenvalue weighted by atomic mass is 15.0. The third-order valence-corrected chi connectivity index (χ3v) is 13.2. The predicted octanol–water partition coefficient (Wildman–Crippen LogP) is 10.7. The Morgan fingerprint density at radius 2 is 1.34 bits per heavy atom. The fraction of sp³-hybridized carbons (Fsp3) is 0.692. The van der Waals surface area contributed by atoms with E-state index in [0.717, 1.165) is 41.4 Å². The van der Waals surface area contributed by atoms with E-state index in [-0.39, 0.29) is 0 Å². The van der Waals surface area contributed by atoms with Gasteiger partial charge in [-0.05, 0) is 128 Å². The number of fused-ring (bicyclic) bond motifs is 5. The van der Waals surface area contributed by atoms with Gasteiger partial charge < -0.3 is 10.6 Å². The molecule has 6 rings (SSSR count). The van der Waals surface area contributed by atoms with E-state index in [4.69, 9.17) is 0 Å². The molecule has 0 aliphatic heterocycles. The maximum absolute atomic E-state index is 4.20. The van der Waals surface area contributed by atoms with Crippen LogP contribution in [-0.2, 0) is 0 Å². The van der Waals surface area contributed by atoms with Crippen molar-refractivity contribution in [3.63, 3.8) is 0 Å². The van der Waals surface area contributed by atoms with E-state index in [1.165, 1.54) is 82.0 Å². The van der Waals surface area contributed by atoms with Crippen LogP contribution in [0.5, 0.6) is 0 Å². The fourth-order valence-electron chi connectivity index (χ4n) is 11.1. The first-order chi connectivity index (χ1) is 19.8. The van der Waals surface area contributed by atoms with E-state index in [9.17, 15) is 0 Å². The molecule has 4 saturated carbocycles. The number of para-hydroxylation sites is 2. The van der Waals surface area contributed by atoms with E-state index in [0.29, 0.717) is 22.9 Å². The molecule has 0 radical (unpaired) electrons. The van der Waals surface area contributed by atoms with E-state index in [1.54, 1.807) is 0 Å². The highest BCUT2D eigenvalue weighted by Gasteiger charge is 2.63. The molecule has 2 aromatic rings. The molecule has 224 valence electrons. The molecule has 41 heavy (non-hydrogen) atoms. The molecule has 0 spiro atoms. The molecule has 0 saturated heterocycles. The predicted molar refractivity (Wildman–Crippen MR) is 176 cm³/mol. The molecular formula is C39H58N2. The van der Waals surface area contributed by atoms with Crippen LogP contribution in [0.4, 0.5) is 11.4 Å². The Kier molecular flexibility index (Phi) is 8.50. The van der Waals surface area contributed by atoms with Crippen molar-refractivity contribution >= 4 is 11.4 Å². The van der Waals surface area contributed by atoms with Gasteiger partial charge in [0.25, 0.3) is 0 Å². The van der Waals surface area contributed by atoms with Gasteiger partial charge in [-0.15, -0.1) is 0 Å². The molecule has 10 atom stereocenters. The van der Waals surface area contributed by atoms with Crippen LogP contribution in [0, 0.1) is 52.3 Å². The molecule has 4 aliphatic rings. The first kappa shape index (κ1) is 29.1. The van der Waals surface area contributed by atoms with Crippen LogP contribution in [0.2, 0.25) is 0 Å². The number of anilines is 2. The Balaban J connectivity index is 1.25. The van der Waals surface area contributed by atoms with Crippen molar-refractivity contribution in [3.8, 4) is 0 Å². The minimum atomic E-state index is 0.483. The Bertz CT molecular complexity index is 1110. The van der Waals surface area contributed by atoms with E-state index in [2.05, 4.69) is 106 Å². The molecular weight excluding hydrogens is 496 g/mol. The maximum atomic E-state index is 4.20. The van der Waals surface area contributed by atoms with Gasteiger partial charge in [0.1, 0.15) is 0 Å². The molecule has 0 heterocycles. The minimum absolute atomic E-state index is 0.483. The van der Waals surface area contributed by atoms with Gasteiger partial charge in [-0.3, -0.25) is 0 Å². The van der Waals surface area contributed by atoms with Crippen LogP contribution in [0.25, 0.3) is 0 Å². The van der Waals surface area contributed by atoms with Crippen molar-refractivity contribution in [2.24, 2.45) is 52.3 Å². The summed E-state index contributed by atoms with van der Waals surface area (Å²) in [4.78, 5) is 0. The molecule has 0 bridgehead atoms. The lowest BCUT2D eigenvalue weighted by molar-refractivity contribution is -0.120. The van der Waals surface area contributed by atoms with E-state index >= 15 is 0 Å². The fourth-order valence-corrected chi connectivity index (χ4v) is 11.1. The summed E-state index contributed by atoms with van der Waals surface area (Å²) in [5.74, 6) is 5.94. The summed E-state index contributed by atoms with van der Waals surface area (Å²) < 4.78 is 0. The van der Waals surface area contributed by atoms with Crippen LogP contribution in [-0.4, -0.2) is 12.1 Å². The molecule has 2 N–H and O–H groups in total. The largest absolute Gasteiger partial charge is 0.382 e. The van der Waals surface area contributed by atoms with Crippen LogP contribution in [0.1, 0.15) is 105 Å². The molecule has 0 aromatic heterocycles. The van der Waals surface area contributed by atoms with Gasteiger partial charge in [0.05, 0.1) is 0 Å². The van der Waals surface area contributed by atoms with Crippen LogP contribution in [0.3, 0.4) is 0 Å². The summed E-state index contributed by atoms with van der Waals surface area (Å²) in [6.45, 7) is 12.9. The molecule has 2 aromatic carbocycles. The van der Waals surface area contributed by atoms with E-state index < -0.39 is 0 Å². The van der Waals surface area contributed by atoms with Crippen LogP contribution in [0.15, 0.2) is 60.7 Å². The summed E-state index contributed by atoms with van der Waals surface area (Å²) in [5, 5.41) is 8.13. The van der Waals surface area contributed by atoms with Gasteiger partial charge in [0, 0.05) is 23.5 Å². The van der Waals surface area contributed by atoms with E-state index in [1.807, 2.05) is 0 Å². The topological polar surface area (TPSA) is 24.1 Å². The summed E-state index contributed by atoms with van der Waals surface area (Å²) in [6.07, 6.45) is 15.4. The number of hydrogen-bond donors (Lipinski definition) is 2. The first-order valence-electron chi connectivity index (χ1n) is 17.4. The highest BCUT2D eigenvalue weighted by molar-refractivity contribution is 5.45. The van der Waals surface area contributed by atoms with Gasteiger partial charge in [-0.2, -0.15) is 0 Å². The Hall–Kier alpha value is -1.96. The second-order valence-corrected chi connectivity index (χ2v) is 15.9. The summed E-state index contributed by atoms with van der Waals surface area (Å²) in [6, 6.07) is 23.3. The van der Waals surface area contributed by atoms with Crippen molar-refractivity contribution in [2.75, 3.05) is 10.6 Å². The van der Waals surface area contributed by atoms with Crippen molar-refractivity contribution in [2.45, 2.75) is 117 Å². The Morgan fingerprint density at radius 3 is 2.02 bits per heavy atom. The quantitative estimate of drug-likeness (QED) is 0.322. The van der Waals surface area contributed by atoms with Crippen LogP contribution < -0.4 is 10.6 Å². The second-order valence-electron chi connectivity index (χ2n) is 15.9. The van der Waals surface area contributed by atoms with Gasteiger partial charge in [0.2, 0.25) is 0 Å². The number of nitrogens with one attached hydrogen (secondary N) is 2. The number of rotatable bonds is 9. The number of benzene rings is 2. The average molecular weight is 555 g/mol. The maximum Gasteiger partial charge on any atom is 0.0342 e. The lowest BCUT2D eigenvalue weighted by Gasteiger charge is -2.63. The number of hydrogen-bond acceptors (Lipinski definition) is 2. The Morgan fingerprint density at radius 1 is 0.707 bits per heavy atom. The molecule has 0 amide bonds. The normalized spacial score (nSPS) is 38.9. The van der Waals surface area contributed by atoms with Crippen molar-refractivity contribution < 1.29 is 0 Å². The van der Waals surface area contributed by atoms with Crippen molar-refractivity contribution in [1.29, 1.82) is 0 Å². The summed E-state index contributed by atoms with van der Waals surface area (Å²) in [7, 11) is 0. The third-order valence-electron chi connectivity index (χ3n) is 13.2. The standard InChI is InChI=1S/C39H58N2/c1-27(2)13-12-14-28(3)33-19-20-34-37-35(22-24-39(33,34)5)38(4)23-21-32(40-30-15-8-6-9-16-30)25-29(38)26-36(37)41-31-17-10-7-11-18-31/h6-11,15-18,27-29,32-37,40-41H,12-14,19-26H2,1-5H3/t28-,29-,32-,33-,34+,35+,36-,37+,38+,39-/m1/s1. The monoisotopic (exact) mass is 554 g/mol.